The van der Waals surface area contributed by atoms with E-state index < -0.39 is 17.6 Å². The Morgan fingerprint density at radius 3 is 1.75 bits per heavy atom. The molecule has 6 heteroatoms. The molecule has 0 unspecified atom stereocenters. The number of nitrogens with two attached hydrogens (primary N) is 1. The number of imidazole rings is 1. The molecule has 1 atom stereocenters. The second-order valence-corrected chi connectivity index (χ2v) is 7.41. The largest absolute Gasteiger partial charge is 0.468 e. The summed E-state index contributed by atoms with van der Waals surface area (Å²) in [5.41, 5.74) is 9.40. The van der Waals surface area contributed by atoms with Crippen molar-refractivity contribution in [2.75, 3.05) is 7.11 Å². The third-order valence-electron chi connectivity index (χ3n) is 5.53. The molecule has 0 amide bonds. The number of benzene rings is 3. The molecule has 0 aliphatic carbocycles. The van der Waals surface area contributed by atoms with Gasteiger partial charge in [0.25, 0.3) is 0 Å². The molecular formula is C26H26ClN3O2. The van der Waals surface area contributed by atoms with Gasteiger partial charge in [0.05, 0.1) is 19.1 Å². The Hall–Kier alpha value is -3.41. The first kappa shape index (κ1) is 23.3. The van der Waals surface area contributed by atoms with Crippen molar-refractivity contribution in [3.63, 3.8) is 0 Å². The first-order chi connectivity index (χ1) is 15.2. The lowest BCUT2D eigenvalue weighted by Crippen LogP contribution is -2.37. The minimum absolute atomic E-state index is 0. The number of aromatic nitrogens is 2. The number of methoxy groups -OCH3 is 1. The topological polar surface area (TPSA) is 70.1 Å². The van der Waals surface area contributed by atoms with E-state index in [-0.39, 0.29) is 12.4 Å². The van der Waals surface area contributed by atoms with Crippen molar-refractivity contribution < 1.29 is 9.53 Å². The van der Waals surface area contributed by atoms with Crippen molar-refractivity contribution in [3.8, 4) is 0 Å². The van der Waals surface area contributed by atoms with Crippen molar-refractivity contribution in [1.29, 1.82) is 0 Å². The Kier molecular flexibility index (Phi) is 7.46. The highest BCUT2D eigenvalue weighted by molar-refractivity contribution is 5.85. The normalized spacial score (nSPS) is 11.9. The van der Waals surface area contributed by atoms with Crippen LogP contribution < -0.4 is 5.73 Å². The molecule has 1 heterocycles. The number of hydrogen-bond donors (Lipinski definition) is 1. The number of carbonyl (C=O) groups is 1. The molecule has 4 aromatic rings. The van der Waals surface area contributed by atoms with Gasteiger partial charge < -0.3 is 15.0 Å². The molecule has 2 N–H and O–H groups in total. The molecule has 3 aromatic carbocycles. The standard InChI is InChI=1S/C26H25N3O2.ClH/c1-31-25(30)24(27)17-23-18-29(19-28-23)26(20-11-5-2-6-12-20,21-13-7-3-8-14-21)22-15-9-4-10-16-22;/h2-16,18-19,24H,17,27H2,1H3;1H/t24-;/m0./s1. The fraction of sp³-hybridized carbons (Fsp3) is 0.154. The summed E-state index contributed by atoms with van der Waals surface area (Å²) in [7, 11) is 1.34. The van der Waals surface area contributed by atoms with Gasteiger partial charge in [-0.1, -0.05) is 91.0 Å². The summed E-state index contributed by atoms with van der Waals surface area (Å²) in [5.74, 6) is -0.449. The van der Waals surface area contributed by atoms with E-state index in [0.29, 0.717) is 6.42 Å². The Balaban J connectivity index is 0.00000289. The third kappa shape index (κ3) is 4.31. The van der Waals surface area contributed by atoms with Gasteiger partial charge in [-0.05, 0) is 16.7 Å². The van der Waals surface area contributed by atoms with Crippen LogP contribution in [0.1, 0.15) is 22.4 Å². The number of rotatable bonds is 7. The number of hydrogen-bond acceptors (Lipinski definition) is 4. The van der Waals surface area contributed by atoms with Crippen LogP contribution in [0.5, 0.6) is 0 Å². The fourth-order valence-electron chi connectivity index (χ4n) is 4.10. The van der Waals surface area contributed by atoms with Crippen LogP contribution in [0.3, 0.4) is 0 Å². The summed E-state index contributed by atoms with van der Waals surface area (Å²) in [6, 6.07) is 30.3. The molecule has 0 fully saturated rings. The second kappa shape index (κ2) is 10.3. The fourth-order valence-corrected chi connectivity index (χ4v) is 4.10. The zero-order valence-electron chi connectivity index (χ0n) is 17.8. The summed E-state index contributed by atoms with van der Waals surface area (Å²) < 4.78 is 6.87. The van der Waals surface area contributed by atoms with E-state index in [4.69, 9.17) is 10.5 Å². The van der Waals surface area contributed by atoms with E-state index in [1.807, 2.05) is 67.1 Å². The molecule has 164 valence electrons. The van der Waals surface area contributed by atoms with Crippen molar-refractivity contribution in [2.24, 2.45) is 5.73 Å². The van der Waals surface area contributed by atoms with Crippen LogP contribution in [-0.4, -0.2) is 28.7 Å². The molecule has 0 bridgehead atoms. The van der Waals surface area contributed by atoms with Gasteiger partial charge in [0.15, 0.2) is 0 Å². The maximum absolute atomic E-state index is 11.8. The molecule has 0 aliphatic heterocycles. The number of halogens is 1. The summed E-state index contributed by atoms with van der Waals surface area (Å²) in [6.07, 6.45) is 4.08. The molecule has 0 aliphatic rings. The van der Waals surface area contributed by atoms with Crippen LogP contribution in [0.2, 0.25) is 0 Å². The monoisotopic (exact) mass is 447 g/mol. The second-order valence-electron chi connectivity index (χ2n) is 7.41. The van der Waals surface area contributed by atoms with E-state index in [9.17, 15) is 4.79 Å². The molecule has 0 spiro atoms. The van der Waals surface area contributed by atoms with Gasteiger partial charge in [-0.25, -0.2) is 4.98 Å². The van der Waals surface area contributed by atoms with Gasteiger partial charge in [-0.2, -0.15) is 0 Å². The molecule has 5 nitrogen and oxygen atoms in total. The van der Waals surface area contributed by atoms with Crippen LogP contribution in [0, 0.1) is 0 Å². The quantitative estimate of drug-likeness (QED) is 0.340. The Morgan fingerprint density at radius 1 is 0.906 bits per heavy atom. The molecule has 0 saturated heterocycles. The van der Waals surface area contributed by atoms with Crippen molar-refractivity contribution in [3.05, 3.63) is 126 Å². The Labute approximate surface area is 194 Å². The molecule has 1 aromatic heterocycles. The average Bonchev–Trinajstić information content (AvgIpc) is 3.29. The lowest BCUT2D eigenvalue weighted by molar-refractivity contribution is -0.142. The van der Waals surface area contributed by atoms with Gasteiger partial charge in [0, 0.05) is 12.6 Å². The number of ether oxygens (including phenoxy) is 1. The number of carbonyl (C=O) groups excluding carboxylic acids is 1. The van der Waals surface area contributed by atoms with Crippen LogP contribution in [-0.2, 0) is 21.5 Å². The van der Waals surface area contributed by atoms with Gasteiger partial charge in [-0.3, -0.25) is 4.79 Å². The van der Waals surface area contributed by atoms with Gasteiger partial charge in [-0.15, -0.1) is 12.4 Å². The van der Waals surface area contributed by atoms with Crippen LogP contribution in [0.25, 0.3) is 0 Å². The third-order valence-corrected chi connectivity index (χ3v) is 5.53. The van der Waals surface area contributed by atoms with Gasteiger partial charge in [0.2, 0.25) is 0 Å². The van der Waals surface area contributed by atoms with E-state index in [1.165, 1.54) is 7.11 Å². The van der Waals surface area contributed by atoms with E-state index in [0.717, 1.165) is 22.4 Å². The van der Waals surface area contributed by atoms with Crippen LogP contribution >= 0.6 is 12.4 Å². The summed E-state index contributed by atoms with van der Waals surface area (Å²) in [4.78, 5) is 16.4. The van der Waals surface area contributed by atoms with Gasteiger partial charge in [0.1, 0.15) is 11.6 Å². The zero-order chi connectivity index (χ0) is 21.7. The molecule has 4 rings (SSSR count). The molecular weight excluding hydrogens is 422 g/mol. The van der Waals surface area contributed by atoms with Crippen molar-refractivity contribution in [2.45, 2.75) is 18.0 Å². The van der Waals surface area contributed by atoms with Gasteiger partial charge >= 0.3 is 5.97 Å². The summed E-state index contributed by atoms with van der Waals surface area (Å²) >= 11 is 0. The van der Waals surface area contributed by atoms with Crippen molar-refractivity contribution in [1.82, 2.24) is 9.55 Å². The highest BCUT2D eigenvalue weighted by atomic mass is 35.5. The first-order valence-corrected chi connectivity index (χ1v) is 10.2. The Morgan fingerprint density at radius 2 is 1.34 bits per heavy atom. The number of nitrogens with zero attached hydrogens (tertiary/aromatic N) is 2. The molecule has 0 saturated carbocycles. The van der Waals surface area contributed by atoms with Crippen LogP contribution in [0.4, 0.5) is 0 Å². The van der Waals surface area contributed by atoms with Crippen LogP contribution in [0.15, 0.2) is 104 Å². The highest BCUT2D eigenvalue weighted by Crippen LogP contribution is 2.40. The van der Waals surface area contributed by atoms with E-state index in [2.05, 4.69) is 45.9 Å². The van der Waals surface area contributed by atoms with E-state index in [1.54, 1.807) is 0 Å². The summed E-state index contributed by atoms with van der Waals surface area (Å²) in [5, 5.41) is 0. The Bertz CT molecular complexity index is 1030. The molecule has 0 radical (unpaired) electrons. The summed E-state index contributed by atoms with van der Waals surface area (Å²) in [6.45, 7) is 0. The SMILES string of the molecule is COC(=O)[C@@H](N)Cc1cn(C(c2ccccc2)(c2ccccc2)c2ccccc2)cn1.Cl. The minimum atomic E-state index is -0.757. The smallest absolute Gasteiger partial charge is 0.323 e. The maximum atomic E-state index is 11.8. The lowest BCUT2D eigenvalue weighted by atomic mass is 9.77. The number of esters is 1. The predicted molar refractivity (Wildman–Crippen MR) is 128 cm³/mol. The predicted octanol–water partition coefficient (Wildman–Crippen LogP) is 4.19. The van der Waals surface area contributed by atoms with Crippen molar-refractivity contribution >= 4 is 18.4 Å². The zero-order valence-corrected chi connectivity index (χ0v) is 18.6. The molecule has 32 heavy (non-hydrogen) atoms. The maximum Gasteiger partial charge on any atom is 0.323 e. The lowest BCUT2D eigenvalue weighted by Gasteiger charge is -2.37. The minimum Gasteiger partial charge on any atom is -0.468 e. The average molecular weight is 448 g/mol. The first-order valence-electron chi connectivity index (χ1n) is 10.2. The van der Waals surface area contributed by atoms with E-state index >= 15 is 0 Å². The highest BCUT2D eigenvalue weighted by Gasteiger charge is 2.38.